The van der Waals surface area contributed by atoms with Crippen LogP contribution >= 0.6 is 0 Å². The Morgan fingerprint density at radius 3 is 2.78 bits per heavy atom. The van der Waals surface area contributed by atoms with Gasteiger partial charge in [-0.25, -0.2) is 4.98 Å². The van der Waals surface area contributed by atoms with Gasteiger partial charge in [0.25, 0.3) is 0 Å². The molecule has 27 heavy (non-hydrogen) atoms. The minimum absolute atomic E-state index is 0.0384. The predicted molar refractivity (Wildman–Crippen MR) is 109 cm³/mol. The molecular weight excluding hydrogens is 336 g/mol. The molecule has 1 amide bonds. The number of rotatable bonds is 4. The number of hydrogen-bond donors (Lipinski definition) is 2. The fraction of sp³-hybridized carbons (Fsp3) is 0.318. The Bertz CT molecular complexity index is 1040. The summed E-state index contributed by atoms with van der Waals surface area (Å²) in [7, 11) is 0. The standard InChI is InChI=1S/C22H24N4O/c1-4-13-5-6-24-11-16(13)14-7-15-9-20(25-12-17(15)19(23)8-14)26-21(27)18-10-22(18,2)3/h5-9,11-12,18H,4,10,23H2,1-3H3,(H,25,26,27)/t18-/m0/s1. The number of nitrogens with one attached hydrogen (secondary N) is 1. The average Bonchev–Trinajstić information content (AvgIpc) is 3.30. The number of fused-ring (bicyclic) bond motifs is 1. The highest BCUT2D eigenvalue weighted by atomic mass is 16.2. The SMILES string of the molecule is CCc1ccncc1-c1cc(N)c2cnc(NC(=O)[C@@H]3CC3(C)C)cc2c1. The van der Waals surface area contributed by atoms with Crippen LogP contribution in [0.5, 0.6) is 0 Å². The Hall–Kier alpha value is -2.95. The van der Waals surface area contributed by atoms with E-state index in [0.29, 0.717) is 11.5 Å². The van der Waals surface area contributed by atoms with Crippen molar-refractivity contribution in [3.8, 4) is 11.1 Å². The summed E-state index contributed by atoms with van der Waals surface area (Å²) >= 11 is 0. The zero-order chi connectivity index (χ0) is 19.2. The molecule has 0 bridgehead atoms. The molecule has 0 aliphatic heterocycles. The monoisotopic (exact) mass is 360 g/mol. The summed E-state index contributed by atoms with van der Waals surface area (Å²) < 4.78 is 0. The molecule has 5 nitrogen and oxygen atoms in total. The van der Waals surface area contributed by atoms with E-state index in [1.807, 2.05) is 30.6 Å². The molecule has 1 aromatic carbocycles. The van der Waals surface area contributed by atoms with Crippen molar-refractivity contribution in [2.75, 3.05) is 11.1 Å². The Balaban J connectivity index is 1.71. The summed E-state index contributed by atoms with van der Waals surface area (Å²) in [5.41, 5.74) is 10.4. The molecule has 5 heteroatoms. The summed E-state index contributed by atoms with van der Waals surface area (Å²) in [6.45, 7) is 6.34. The lowest BCUT2D eigenvalue weighted by Crippen LogP contribution is -2.17. The Kier molecular flexibility index (Phi) is 4.10. The number of pyridine rings is 2. The van der Waals surface area contributed by atoms with Gasteiger partial charge in [-0.1, -0.05) is 20.8 Å². The van der Waals surface area contributed by atoms with E-state index in [9.17, 15) is 4.79 Å². The summed E-state index contributed by atoms with van der Waals surface area (Å²) in [6.07, 6.45) is 7.25. The number of hydrogen-bond acceptors (Lipinski definition) is 4. The second-order valence-electron chi connectivity index (χ2n) is 7.98. The lowest BCUT2D eigenvalue weighted by atomic mass is 9.97. The number of nitrogen functional groups attached to an aromatic ring is 1. The quantitative estimate of drug-likeness (QED) is 0.675. The third kappa shape index (κ3) is 3.25. The van der Waals surface area contributed by atoms with Crippen LogP contribution in [0, 0.1) is 11.3 Å². The second kappa shape index (κ2) is 6.34. The van der Waals surface area contributed by atoms with Crippen molar-refractivity contribution in [3.63, 3.8) is 0 Å². The van der Waals surface area contributed by atoms with Crippen molar-refractivity contribution < 1.29 is 4.79 Å². The number of nitrogens with zero attached hydrogens (tertiary/aromatic N) is 2. The summed E-state index contributed by atoms with van der Waals surface area (Å²) in [4.78, 5) is 21.0. The van der Waals surface area contributed by atoms with Crippen molar-refractivity contribution in [2.24, 2.45) is 11.3 Å². The first kappa shape index (κ1) is 17.5. The highest BCUT2D eigenvalue weighted by Gasteiger charge is 2.50. The van der Waals surface area contributed by atoms with Gasteiger partial charge < -0.3 is 11.1 Å². The molecule has 3 N–H and O–H groups in total. The van der Waals surface area contributed by atoms with Gasteiger partial charge in [-0.05, 0) is 59.0 Å². The predicted octanol–water partition coefficient (Wildman–Crippen LogP) is 4.43. The molecule has 0 spiro atoms. The highest BCUT2D eigenvalue weighted by Crippen LogP contribution is 2.52. The molecule has 138 valence electrons. The van der Waals surface area contributed by atoms with Crippen molar-refractivity contribution in [2.45, 2.75) is 33.6 Å². The highest BCUT2D eigenvalue weighted by molar-refractivity contribution is 6.00. The normalized spacial score (nSPS) is 17.7. The summed E-state index contributed by atoms with van der Waals surface area (Å²) in [5, 5.41) is 4.78. The van der Waals surface area contributed by atoms with Crippen molar-refractivity contribution in [3.05, 3.63) is 48.4 Å². The van der Waals surface area contributed by atoms with E-state index in [1.165, 1.54) is 5.56 Å². The molecule has 0 saturated heterocycles. The lowest BCUT2D eigenvalue weighted by Gasteiger charge is -2.12. The molecule has 0 unspecified atom stereocenters. The number of anilines is 2. The van der Waals surface area contributed by atoms with Crippen LogP contribution < -0.4 is 11.1 Å². The Morgan fingerprint density at radius 2 is 2.07 bits per heavy atom. The summed E-state index contributed by atoms with van der Waals surface area (Å²) in [6, 6.07) is 7.97. The third-order valence-electron chi connectivity index (χ3n) is 5.55. The first-order chi connectivity index (χ1) is 12.9. The third-order valence-corrected chi connectivity index (χ3v) is 5.55. The number of aryl methyl sites for hydroxylation is 1. The van der Waals surface area contributed by atoms with Gasteiger partial charge in [0, 0.05) is 41.1 Å². The number of carbonyl (C=O) groups excluding carboxylic acids is 1. The largest absolute Gasteiger partial charge is 0.398 e. The molecule has 1 atom stereocenters. The maximum absolute atomic E-state index is 12.4. The topological polar surface area (TPSA) is 80.9 Å². The van der Waals surface area contributed by atoms with E-state index in [4.69, 9.17) is 5.73 Å². The fourth-order valence-corrected chi connectivity index (χ4v) is 3.63. The number of benzene rings is 1. The first-order valence-corrected chi connectivity index (χ1v) is 9.32. The maximum atomic E-state index is 12.4. The molecule has 1 saturated carbocycles. The van der Waals surface area contributed by atoms with Crippen LogP contribution in [0.15, 0.2) is 42.9 Å². The number of carbonyl (C=O) groups is 1. The van der Waals surface area contributed by atoms with E-state index < -0.39 is 0 Å². The Labute approximate surface area is 159 Å². The molecular formula is C22H24N4O. The molecule has 3 aromatic rings. The van der Waals surface area contributed by atoms with Crippen LogP contribution in [-0.2, 0) is 11.2 Å². The molecule has 2 heterocycles. The van der Waals surface area contributed by atoms with Crippen LogP contribution in [0.1, 0.15) is 32.8 Å². The average molecular weight is 360 g/mol. The summed E-state index contributed by atoms with van der Waals surface area (Å²) in [5.74, 6) is 0.666. The van der Waals surface area contributed by atoms with E-state index in [-0.39, 0.29) is 17.2 Å². The molecule has 1 aliphatic rings. The van der Waals surface area contributed by atoms with Gasteiger partial charge >= 0.3 is 0 Å². The van der Waals surface area contributed by atoms with Gasteiger partial charge in [0.15, 0.2) is 0 Å². The zero-order valence-corrected chi connectivity index (χ0v) is 15.9. The number of nitrogens with two attached hydrogens (primary N) is 1. The van der Waals surface area contributed by atoms with Gasteiger partial charge in [-0.3, -0.25) is 9.78 Å². The van der Waals surface area contributed by atoms with Gasteiger partial charge in [0.2, 0.25) is 5.91 Å². The number of aromatic nitrogens is 2. The van der Waals surface area contributed by atoms with Gasteiger partial charge in [-0.15, -0.1) is 0 Å². The second-order valence-corrected chi connectivity index (χ2v) is 7.98. The van der Waals surface area contributed by atoms with E-state index in [0.717, 1.165) is 34.7 Å². The molecule has 2 aromatic heterocycles. The van der Waals surface area contributed by atoms with Crippen molar-refractivity contribution in [1.82, 2.24) is 9.97 Å². The van der Waals surface area contributed by atoms with Crippen molar-refractivity contribution >= 4 is 28.2 Å². The van der Waals surface area contributed by atoms with Crippen LogP contribution in [0.4, 0.5) is 11.5 Å². The van der Waals surface area contributed by atoms with E-state index in [2.05, 4.69) is 42.1 Å². The van der Waals surface area contributed by atoms with Crippen molar-refractivity contribution in [1.29, 1.82) is 0 Å². The molecule has 4 rings (SSSR count). The van der Waals surface area contributed by atoms with Gasteiger partial charge in [0.05, 0.1) is 0 Å². The zero-order valence-electron chi connectivity index (χ0n) is 15.9. The molecule has 1 aliphatic carbocycles. The van der Waals surface area contributed by atoms with Crippen LogP contribution in [0.2, 0.25) is 0 Å². The first-order valence-electron chi connectivity index (χ1n) is 9.32. The minimum Gasteiger partial charge on any atom is -0.398 e. The maximum Gasteiger partial charge on any atom is 0.229 e. The lowest BCUT2D eigenvalue weighted by molar-refractivity contribution is -0.118. The number of amides is 1. The Morgan fingerprint density at radius 1 is 1.30 bits per heavy atom. The van der Waals surface area contributed by atoms with Gasteiger partial charge in [0.1, 0.15) is 5.82 Å². The van der Waals surface area contributed by atoms with Crippen LogP contribution in [-0.4, -0.2) is 15.9 Å². The minimum atomic E-state index is 0.0384. The smallest absolute Gasteiger partial charge is 0.229 e. The van der Waals surface area contributed by atoms with E-state index >= 15 is 0 Å². The van der Waals surface area contributed by atoms with Crippen LogP contribution in [0.25, 0.3) is 21.9 Å². The fourth-order valence-electron chi connectivity index (χ4n) is 3.63. The van der Waals surface area contributed by atoms with E-state index in [1.54, 1.807) is 6.20 Å². The van der Waals surface area contributed by atoms with Gasteiger partial charge in [-0.2, -0.15) is 0 Å². The van der Waals surface area contributed by atoms with Crippen LogP contribution in [0.3, 0.4) is 0 Å². The molecule has 0 radical (unpaired) electrons. The molecule has 1 fully saturated rings.